The number of nitrogens with one attached hydrogen (secondary N) is 1. The minimum atomic E-state index is -1.02. The topological polar surface area (TPSA) is 109 Å². The van der Waals surface area contributed by atoms with Crippen LogP contribution in [0.5, 0.6) is 0 Å². The molecule has 0 aromatic carbocycles. The van der Waals surface area contributed by atoms with Crippen LogP contribution in [0.15, 0.2) is 22.2 Å². The number of nitrogens with two attached hydrogens (primary N) is 1. The Balaban J connectivity index is 2.38. The molecule has 7 heteroatoms. The number of hydrogen-bond donors (Lipinski definition) is 3. The van der Waals surface area contributed by atoms with Crippen molar-refractivity contribution in [1.29, 1.82) is 0 Å². The van der Waals surface area contributed by atoms with Crippen LogP contribution in [0, 0.1) is 0 Å². The number of carboxylic acid groups (broad SMARTS) is 1. The van der Waals surface area contributed by atoms with E-state index in [1.54, 1.807) is 0 Å². The average Bonchev–Trinajstić information content (AvgIpc) is 2.17. The van der Waals surface area contributed by atoms with Crippen LogP contribution in [0.1, 0.15) is 6.42 Å². The van der Waals surface area contributed by atoms with E-state index >= 15 is 0 Å². The predicted octanol–water partition coefficient (Wildman–Crippen LogP) is -0.336. The minimum absolute atomic E-state index is 0.227. The summed E-state index contributed by atoms with van der Waals surface area (Å²) in [6, 6.07) is 0.445. The fraction of sp³-hybridized carbons (Fsp3) is 0.375. The first kappa shape index (κ1) is 11.7. The van der Waals surface area contributed by atoms with Crippen molar-refractivity contribution in [3.05, 3.63) is 22.6 Å². The van der Waals surface area contributed by atoms with E-state index in [9.17, 15) is 9.59 Å². The molecule has 1 rings (SSSR count). The molecule has 0 saturated carbocycles. The standard InChI is InChI=1S/C8H11N3O3S/c9-5(7(13)14)2-4-15-8-10-3-1-6(12)11-8/h1,3,5H,2,4,9H2,(H,13,14)(H,10,11,12). The van der Waals surface area contributed by atoms with E-state index in [0.717, 1.165) is 0 Å². The quantitative estimate of drug-likeness (QED) is 0.471. The Morgan fingerprint density at radius 3 is 3.07 bits per heavy atom. The van der Waals surface area contributed by atoms with Crippen molar-refractivity contribution in [1.82, 2.24) is 9.97 Å². The molecule has 1 aromatic rings. The molecule has 0 fully saturated rings. The zero-order valence-electron chi connectivity index (χ0n) is 7.84. The summed E-state index contributed by atoms with van der Waals surface area (Å²) >= 11 is 1.27. The number of thioether (sulfide) groups is 1. The molecule has 0 amide bonds. The summed E-state index contributed by atoms with van der Waals surface area (Å²) in [7, 11) is 0. The van der Waals surface area contributed by atoms with Gasteiger partial charge in [-0.2, -0.15) is 0 Å². The van der Waals surface area contributed by atoms with E-state index in [1.165, 1.54) is 24.0 Å². The number of aromatic nitrogens is 2. The molecule has 0 saturated heterocycles. The van der Waals surface area contributed by atoms with E-state index < -0.39 is 12.0 Å². The van der Waals surface area contributed by atoms with Gasteiger partial charge >= 0.3 is 5.97 Å². The predicted molar refractivity (Wildman–Crippen MR) is 55.8 cm³/mol. The molecule has 0 bridgehead atoms. The van der Waals surface area contributed by atoms with Crippen molar-refractivity contribution in [3.63, 3.8) is 0 Å². The number of hydrogen-bond acceptors (Lipinski definition) is 5. The van der Waals surface area contributed by atoms with Gasteiger partial charge in [0.05, 0.1) is 0 Å². The van der Waals surface area contributed by atoms with Crippen LogP contribution in [-0.4, -0.2) is 32.8 Å². The van der Waals surface area contributed by atoms with Gasteiger partial charge in [0.25, 0.3) is 5.56 Å². The zero-order valence-corrected chi connectivity index (χ0v) is 8.66. The van der Waals surface area contributed by atoms with Gasteiger partial charge in [0.15, 0.2) is 5.16 Å². The fourth-order valence-corrected chi connectivity index (χ4v) is 1.70. The van der Waals surface area contributed by atoms with Gasteiger partial charge in [-0.15, -0.1) is 0 Å². The lowest BCUT2D eigenvalue weighted by Gasteiger charge is -2.04. The van der Waals surface area contributed by atoms with Gasteiger partial charge in [0.1, 0.15) is 6.04 Å². The van der Waals surface area contributed by atoms with Crippen LogP contribution in [0.3, 0.4) is 0 Å². The number of H-pyrrole nitrogens is 1. The maximum atomic E-state index is 10.9. The molecule has 1 unspecified atom stereocenters. The zero-order chi connectivity index (χ0) is 11.3. The molecule has 82 valence electrons. The molecule has 0 aliphatic heterocycles. The SMILES string of the molecule is NC(CCSc1nccc(=O)[nH]1)C(=O)O. The van der Waals surface area contributed by atoms with Gasteiger partial charge in [-0.3, -0.25) is 9.59 Å². The highest BCUT2D eigenvalue weighted by atomic mass is 32.2. The Morgan fingerprint density at radius 2 is 2.47 bits per heavy atom. The van der Waals surface area contributed by atoms with Gasteiger partial charge in [0.2, 0.25) is 0 Å². The Morgan fingerprint density at radius 1 is 1.73 bits per heavy atom. The van der Waals surface area contributed by atoms with Crippen molar-refractivity contribution in [2.75, 3.05) is 5.75 Å². The largest absolute Gasteiger partial charge is 0.480 e. The monoisotopic (exact) mass is 229 g/mol. The first-order valence-corrected chi connectivity index (χ1v) is 5.24. The second-order valence-corrected chi connectivity index (χ2v) is 3.90. The van der Waals surface area contributed by atoms with Gasteiger partial charge in [-0.1, -0.05) is 11.8 Å². The summed E-state index contributed by atoms with van der Waals surface area (Å²) in [6.45, 7) is 0. The highest BCUT2D eigenvalue weighted by Gasteiger charge is 2.10. The summed E-state index contributed by atoms with van der Waals surface area (Å²) in [5.74, 6) is -0.523. The fourth-order valence-electron chi connectivity index (χ4n) is 0.831. The van der Waals surface area contributed by atoms with Crippen LogP contribution < -0.4 is 11.3 Å². The normalized spacial score (nSPS) is 12.3. The number of nitrogens with zero attached hydrogens (tertiary/aromatic N) is 1. The minimum Gasteiger partial charge on any atom is -0.480 e. The van der Waals surface area contributed by atoms with Crippen molar-refractivity contribution in [2.45, 2.75) is 17.6 Å². The van der Waals surface area contributed by atoms with Crippen molar-refractivity contribution in [2.24, 2.45) is 5.73 Å². The van der Waals surface area contributed by atoms with Gasteiger partial charge in [0, 0.05) is 18.0 Å². The number of rotatable bonds is 5. The molecule has 1 heterocycles. The highest BCUT2D eigenvalue weighted by molar-refractivity contribution is 7.99. The Kier molecular flexibility index (Phi) is 4.32. The molecular weight excluding hydrogens is 218 g/mol. The third-order valence-electron chi connectivity index (χ3n) is 1.63. The smallest absolute Gasteiger partial charge is 0.320 e. The van der Waals surface area contributed by atoms with Crippen LogP contribution in [0.2, 0.25) is 0 Å². The van der Waals surface area contributed by atoms with Crippen molar-refractivity contribution in [3.8, 4) is 0 Å². The highest BCUT2D eigenvalue weighted by Crippen LogP contribution is 2.11. The Labute approximate surface area is 89.9 Å². The molecule has 1 atom stereocenters. The van der Waals surface area contributed by atoms with Gasteiger partial charge in [-0.25, -0.2) is 4.98 Å². The molecule has 0 aliphatic carbocycles. The second-order valence-electron chi connectivity index (χ2n) is 2.82. The first-order valence-electron chi connectivity index (χ1n) is 4.26. The van der Waals surface area contributed by atoms with E-state index in [2.05, 4.69) is 9.97 Å². The number of carboxylic acids is 1. The lowest BCUT2D eigenvalue weighted by atomic mass is 10.2. The third-order valence-corrected chi connectivity index (χ3v) is 2.55. The van der Waals surface area contributed by atoms with Crippen LogP contribution in [0.4, 0.5) is 0 Å². The molecule has 0 spiro atoms. The van der Waals surface area contributed by atoms with E-state index in [0.29, 0.717) is 17.3 Å². The van der Waals surface area contributed by atoms with E-state index in [1.807, 2.05) is 0 Å². The summed E-state index contributed by atoms with van der Waals surface area (Å²) in [4.78, 5) is 27.7. The van der Waals surface area contributed by atoms with Crippen LogP contribution >= 0.6 is 11.8 Å². The molecule has 1 aromatic heterocycles. The number of aromatic amines is 1. The molecule has 0 radical (unpaired) electrons. The summed E-state index contributed by atoms with van der Waals surface area (Å²) < 4.78 is 0. The number of aliphatic carboxylic acids is 1. The maximum Gasteiger partial charge on any atom is 0.320 e. The maximum absolute atomic E-state index is 10.9. The van der Waals surface area contributed by atoms with Crippen molar-refractivity contribution < 1.29 is 9.90 Å². The number of carbonyl (C=O) groups is 1. The lowest BCUT2D eigenvalue weighted by molar-refractivity contribution is -0.138. The van der Waals surface area contributed by atoms with Crippen molar-refractivity contribution >= 4 is 17.7 Å². The van der Waals surface area contributed by atoms with Crippen LogP contribution in [-0.2, 0) is 4.79 Å². The molecular formula is C8H11N3O3S. The van der Waals surface area contributed by atoms with Gasteiger partial charge in [-0.05, 0) is 6.42 Å². The molecule has 15 heavy (non-hydrogen) atoms. The molecule has 4 N–H and O–H groups in total. The van der Waals surface area contributed by atoms with E-state index in [4.69, 9.17) is 10.8 Å². The third kappa shape index (κ3) is 4.13. The van der Waals surface area contributed by atoms with Crippen LogP contribution in [0.25, 0.3) is 0 Å². The summed E-state index contributed by atoms with van der Waals surface area (Å²) in [6.07, 6.45) is 1.73. The molecule has 0 aliphatic rings. The Bertz CT molecular complexity index is 393. The lowest BCUT2D eigenvalue weighted by Crippen LogP contribution is -2.30. The molecule has 6 nitrogen and oxygen atoms in total. The Hall–Kier alpha value is -1.34. The van der Waals surface area contributed by atoms with E-state index in [-0.39, 0.29) is 5.56 Å². The van der Waals surface area contributed by atoms with Gasteiger partial charge < -0.3 is 15.8 Å². The second kappa shape index (κ2) is 5.52. The summed E-state index contributed by atoms with van der Waals surface area (Å²) in [5, 5.41) is 8.99. The summed E-state index contributed by atoms with van der Waals surface area (Å²) in [5.41, 5.74) is 5.08. The first-order chi connectivity index (χ1) is 7.09. The average molecular weight is 229 g/mol.